The summed E-state index contributed by atoms with van der Waals surface area (Å²) in [5.41, 5.74) is -0.468. The van der Waals surface area contributed by atoms with Crippen molar-refractivity contribution in [2.24, 2.45) is 0 Å². The summed E-state index contributed by atoms with van der Waals surface area (Å²) in [6, 6.07) is 3.67. The molecule has 1 aromatic heterocycles. The van der Waals surface area contributed by atoms with Crippen LogP contribution < -0.4 is 0 Å². The first kappa shape index (κ1) is 9.93. The molecule has 0 amide bonds. The second-order valence-corrected chi connectivity index (χ2v) is 4.27. The SMILES string of the molecule is O=CC1(c2ccc(Br)o2)CCOCC1. The van der Waals surface area contributed by atoms with E-state index in [1.54, 1.807) is 0 Å². The minimum atomic E-state index is -0.468. The predicted molar refractivity (Wildman–Crippen MR) is 54.2 cm³/mol. The van der Waals surface area contributed by atoms with Gasteiger partial charge in [0.15, 0.2) is 4.67 Å². The number of carbonyl (C=O) groups is 1. The molecule has 3 nitrogen and oxygen atoms in total. The standard InChI is InChI=1S/C10H11BrO3/c11-9-2-1-8(14-9)10(7-12)3-5-13-6-4-10/h1-2,7H,3-6H2. The van der Waals surface area contributed by atoms with Crippen molar-refractivity contribution < 1.29 is 13.9 Å². The molecule has 0 saturated carbocycles. The molecule has 0 bridgehead atoms. The van der Waals surface area contributed by atoms with Crippen LogP contribution in [0.1, 0.15) is 18.6 Å². The molecule has 1 aromatic rings. The van der Waals surface area contributed by atoms with Gasteiger partial charge in [-0.05, 0) is 40.9 Å². The number of carbonyl (C=O) groups excluding carboxylic acids is 1. The van der Waals surface area contributed by atoms with Crippen molar-refractivity contribution >= 4 is 22.2 Å². The number of aldehydes is 1. The van der Waals surface area contributed by atoms with Gasteiger partial charge in [0.2, 0.25) is 0 Å². The molecule has 0 atom stereocenters. The number of furan rings is 1. The summed E-state index contributed by atoms with van der Waals surface area (Å²) in [5.74, 6) is 0.739. The quantitative estimate of drug-likeness (QED) is 0.765. The molecule has 0 unspecified atom stereocenters. The van der Waals surface area contributed by atoms with Crippen molar-refractivity contribution in [3.8, 4) is 0 Å². The van der Waals surface area contributed by atoms with Crippen LogP contribution in [0, 0.1) is 0 Å². The molecule has 4 heteroatoms. The largest absolute Gasteiger partial charge is 0.453 e. The summed E-state index contributed by atoms with van der Waals surface area (Å²) >= 11 is 3.24. The molecule has 1 fully saturated rings. The van der Waals surface area contributed by atoms with Crippen LogP contribution in [0.15, 0.2) is 21.2 Å². The monoisotopic (exact) mass is 258 g/mol. The third-order valence-corrected chi connectivity index (χ3v) is 3.10. The van der Waals surface area contributed by atoms with Crippen molar-refractivity contribution in [1.82, 2.24) is 0 Å². The van der Waals surface area contributed by atoms with Gasteiger partial charge < -0.3 is 13.9 Å². The predicted octanol–water partition coefficient (Wildman–Crippen LogP) is 2.29. The molecule has 14 heavy (non-hydrogen) atoms. The van der Waals surface area contributed by atoms with E-state index in [1.165, 1.54) is 0 Å². The van der Waals surface area contributed by atoms with Crippen LogP contribution in [0.3, 0.4) is 0 Å². The van der Waals surface area contributed by atoms with Gasteiger partial charge in [-0.2, -0.15) is 0 Å². The van der Waals surface area contributed by atoms with Crippen molar-refractivity contribution in [2.45, 2.75) is 18.3 Å². The first-order valence-corrected chi connectivity index (χ1v) is 5.36. The van der Waals surface area contributed by atoms with E-state index in [1.807, 2.05) is 12.1 Å². The molecule has 2 rings (SSSR count). The normalized spacial score (nSPS) is 20.6. The summed E-state index contributed by atoms with van der Waals surface area (Å²) in [4.78, 5) is 11.2. The summed E-state index contributed by atoms with van der Waals surface area (Å²) in [6.45, 7) is 1.24. The van der Waals surface area contributed by atoms with Gasteiger partial charge in [-0.3, -0.25) is 0 Å². The van der Waals surface area contributed by atoms with Crippen molar-refractivity contribution in [3.63, 3.8) is 0 Å². The molecule has 0 aromatic carbocycles. The molecule has 2 heterocycles. The van der Waals surface area contributed by atoms with Gasteiger partial charge in [-0.15, -0.1) is 0 Å². The zero-order valence-electron chi connectivity index (χ0n) is 7.66. The topological polar surface area (TPSA) is 39.4 Å². The Morgan fingerprint density at radius 3 is 2.57 bits per heavy atom. The maximum atomic E-state index is 11.2. The lowest BCUT2D eigenvalue weighted by molar-refractivity contribution is -0.116. The highest BCUT2D eigenvalue weighted by Crippen LogP contribution is 2.34. The fourth-order valence-corrected chi connectivity index (χ4v) is 2.05. The van der Waals surface area contributed by atoms with E-state index >= 15 is 0 Å². The van der Waals surface area contributed by atoms with Crippen molar-refractivity contribution in [1.29, 1.82) is 0 Å². The van der Waals surface area contributed by atoms with Crippen LogP contribution >= 0.6 is 15.9 Å². The summed E-state index contributed by atoms with van der Waals surface area (Å²) in [6.07, 6.45) is 2.40. The van der Waals surface area contributed by atoms with Crippen LogP contribution in [0.5, 0.6) is 0 Å². The molecule has 76 valence electrons. The van der Waals surface area contributed by atoms with E-state index in [0.717, 1.165) is 12.0 Å². The molecule has 0 spiro atoms. The lowest BCUT2D eigenvalue weighted by atomic mass is 9.79. The summed E-state index contributed by atoms with van der Waals surface area (Å²) in [5, 5.41) is 0. The highest BCUT2D eigenvalue weighted by molar-refractivity contribution is 9.10. The van der Waals surface area contributed by atoms with E-state index in [0.29, 0.717) is 30.7 Å². The highest BCUT2D eigenvalue weighted by atomic mass is 79.9. The Labute approximate surface area is 90.6 Å². The van der Waals surface area contributed by atoms with Crippen molar-refractivity contribution in [2.75, 3.05) is 13.2 Å². The van der Waals surface area contributed by atoms with Gasteiger partial charge in [-0.1, -0.05) is 0 Å². The molecule has 0 aliphatic carbocycles. The Balaban J connectivity index is 2.31. The molecule has 1 saturated heterocycles. The minimum absolute atomic E-state index is 0.468. The van der Waals surface area contributed by atoms with Gasteiger partial charge in [0.25, 0.3) is 0 Å². The van der Waals surface area contributed by atoms with Gasteiger partial charge in [0, 0.05) is 13.2 Å². The molecule has 0 radical (unpaired) electrons. The lowest BCUT2D eigenvalue weighted by Gasteiger charge is -2.29. The maximum absolute atomic E-state index is 11.2. The fourth-order valence-electron chi connectivity index (χ4n) is 1.74. The Morgan fingerprint density at radius 2 is 2.07 bits per heavy atom. The second-order valence-electron chi connectivity index (χ2n) is 3.49. The minimum Gasteiger partial charge on any atom is -0.453 e. The average molecular weight is 259 g/mol. The third kappa shape index (κ3) is 1.64. The Hall–Kier alpha value is -0.610. The fraction of sp³-hybridized carbons (Fsp3) is 0.500. The van der Waals surface area contributed by atoms with Gasteiger partial charge >= 0.3 is 0 Å². The summed E-state index contributed by atoms with van der Waals surface area (Å²) < 4.78 is 11.4. The Morgan fingerprint density at radius 1 is 1.36 bits per heavy atom. The zero-order chi connectivity index (χ0) is 10.0. The maximum Gasteiger partial charge on any atom is 0.169 e. The van der Waals surface area contributed by atoms with Crippen LogP contribution in [0.25, 0.3) is 0 Å². The van der Waals surface area contributed by atoms with E-state index in [-0.39, 0.29) is 0 Å². The second kappa shape index (κ2) is 3.87. The van der Waals surface area contributed by atoms with Gasteiger partial charge in [0.1, 0.15) is 12.0 Å². The zero-order valence-corrected chi connectivity index (χ0v) is 9.25. The molecule has 0 N–H and O–H groups in total. The van der Waals surface area contributed by atoms with Crippen LogP contribution in [0.4, 0.5) is 0 Å². The van der Waals surface area contributed by atoms with E-state index in [2.05, 4.69) is 15.9 Å². The first-order valence-electron chi connectivity index (χ1n) is 4.57. The third-order valence-electron chi connectivity index (χ3n) is 2.67. The smallest absolute Gasteiger partial charge is 0.169 e. The molecule has 1 aliphatic heterocycles. The Bertz CT molecular complexity index is 326. The molecule has 1 aliphatic rings. The first-order chi connectivity index (χ1) is 6.77. The van der Waals surface area contributed by atoms with E-state index < -0.39 is 5.41 Å². The van der Waals surface area contributed by atoms with Crippen LogP contribution in [-0.2, 0) is 14.9 Å². The van der Waals surface area contributed by atoms with E-state index in [4.69, 9.17) is 9.15 Å². The number of ether oxygens (including phenoxy) is 1. The summed E-state index contributed by atoms with van der Waals surface area (Å²) in [7, 11) is 0. The number of rotatable bonds is 2. The lowest BCUT2D eigenvalue weighted by Crippen LogP contribution is -2.34. The number of hydrogen-bond acceptors (Lipinski definition) is 3. The van der Waals surface area contributed by atoms with Crippen LogP contribution in [0.2, 0.25) is 0 Å². The average Bonchev–Trinajstić information content (AvgIpc) is 2.66. The molecular weight excluding hydrogens is 248 g/mol. The van der Waals surface area contributed by atoms with Gasteiger partial charge in [0.05, 0.1) is 5.41 Å². The van der Waals surface area contributed by atoms with E-state index in [9.17, 15) is 4.79 Å². The number of halogens is 1. The Kier molecular flexibility index (Phi) is 2.74. The van der Waals surface area contributed by atoms with Crippen LogP contribution in [-0.4, -0.2) is 19.5 Å². The molecular formula is C10H11BrO3. The van der Waals surface area contributed by atoms with Gasteiger partial charge in [-0.25, -0.2) is 0 Å². The highest BCUT2D eigenvalue weighted by Gasteiger charge is 2.37. The van der Waals surface area contributed by atoms with Crippen molar-refractivity contribution in [3.05, 3.63) is 22.6 Å². The number of hydrogen-bond donors (Lipinski definition) is 0.